The molecule has 0 spiro atoms. The summed E-state index contributed by atoms with van der Waals surface area (Å²) in [4.78, 5) is 4.76. The molecule has 3 heteroatoms. The van der Waals surface area contributed by atoms with Crippen LogP contribution >= 0.6 is 27.3 Å². The van der Waals surface area contributed by atoms with Crippen LogP contribution in [0.4, 0.5) is 0 Å². The van der Waals surface area contributed by atoms with E-state index in [1.54, 1.807) is 0 Å². The quantitative estimate of drug-likeness (QED) is 0.454. The Morgan fingerprint density at radius 3 is 2.82 bits per heavy atom. The number of rotatable bonds is 0. The van der Waals surface area contributed by atoms with Crippen LogP contribution < -0.4 is 0 Å². The molecule has 2 heterocycles. The van der Waals surface area contributed by atoms with Gasteiger partial charge in [-0.2, -0.15) is 0 Å². The van der Waals surface area contributed by atoms with E-state index in [0.29, 0.717) is 0 Å². The summed E-state index contributed by atoms with van der Waals surface area (Å²) in [6, 6.07) is 15.0. The van der Waals surface area contributed by atoms with Crippen LogP contribution in [0.1, 0.15) is 0 Å². The molecule has 4 rings (SSSR count). The fraction of sp³-hybridized carbons (Fsp3) is 0. The van der Waals surface area contributed by atoms with Gasteiger partial charge in [-0.15, -0.1) is 11.3 Å². The smallest absolute Gasteiger partial charge is 0.102 e. The number of aromatic amines is 1. The van der Waals surface area contributed by atoms with E-state index >= 15 is 0 Å². The van der Waals surface area contributed by atoms with Gasteiger partial charge in [-0.1, -0.05) is 40.2 Å². The maximum Gasteiger partial charge on any atom is 0.102 e. The Morgan fingerprint density at radius 2 is 1.88 bits per heavy atom. The van der Waals surface area contributed by atoms with Gasteiger partial charge in [0.25, 0.3) is 0 Å². The predicted octanol–water partition coefficient (Wildman–Crippen LogP) is 5.30. The largest absolute Gasteiger partial charge is 0.346 e. The zero-order valence-corrected chi connectivity index (χ0v) is 11.2. The lowest BCUT2D eigenvalue weighted by Crippen LogP contribution is -1.69. The Hall–Kier alpha value is -1.32. The lowest BCUT2D eigenvalue weighted by molar-refractivity contribution is 1.57. The Morgan fingerprint density at radius 1 is 1.00 bits per heavy atom. The molecule has 0 atom stereocenters. The van der Waals surface area contributed by atoms with Crippen LogP contribution in [0.2, 0.25) is 0 Å². The van der Waals surface area contributed by atoms with Gasteiger partial charge >= 0.3 is 0 Å². The van der Waals surface area contributed by atoms with Crippen molar-refractivity contribution in [2.24, 2.45) is 0 Å². The Kier molecular flexibility index (Phi) is 1.90. The number of nitrogens with one attached hydrogen (secondary N) is 1. The summed E-state index contributed by atoms with van der Waals surface area (Å²) in [5, 5.41) is 4.01. The first-order valence-electron chi connectivity index (χ1n) is 5.41. The fourth-order valence-electron chi connectivity index (χ4n) is 2.36. The normalized spacial score (nSPS) is 11.8. The van der Waals surface area contributed by atoms with E-state index < -0.39 is 0 Å². The zero-order valence-electron chi connectivity index (χ0n) is 8.83. The first kappa shape index (κ1) is 9.68. The molecule has 0 fully saturated rings. The van der Waals surface area contributed by atoms with Crippen molar-refractivity contribution in [3.8, 4) is 0 Å². The molecule has 0 saturated carbocycles. The minimum atomic E-state index is 1.11. The summed E-state index contributed by atoms with van der Waals surface area (Å²) < 4.78 is 2.46. The van der Waals surface area contributed by atoms with Crippen LogP contribution in [0.25, 0.3) is 31.2 Å². The molecule has 4 aromatic rings. The highest BCUT2D eigenvalue weighted by atomic mass is 79.9. The van der Waals surface area contributed by atoms with Crippen LogP contribution in [-0.2, 0) is 0 Å². The van der Waals surface area contributed by atoms with Gasteiger partial charge < -0.3 is 4.98 Å². The first-order chi connectivity index (χ1) is 8.33. The molecule has 1 N–H and O–H groups in total. The van der Waals surface area contributed by atoms with E-state index in [9.17, 15) is 0 Å². The van der Waals surface area contributed by atoms with E-state index in [1.807, 2.05) is 11.3 Å². The molecule has 2 aromatic heterocycles. The third-order valence-electron chi connectivity index (χ3n) is 3.09. The van der Waals surface area contributed by atoms with Crippen LogP contribution in [0.3, 0.4) is 0 Å². The summed E-state index contributed by atoms with van der Waals surface area (Å²) in [6.45, 7) is 0. The maximum atomic E-state index is 3.51. The van der Waals surface area contributed by atoms with Crippen LogP contribution in [0.5, 0.6) is 0 Å². The second kappa shape index (κ2) is 3.34. The molecule has 0 amide bonds. The van der Waals surface area contributed by atoms with Crippen LogP contribution in [0.15, 0.2) is 46.9 Å². The molecule has 82 valence electrons. The minimum absolute atomic E-state index is 1.11. The van der Waals surface area contributed by atoms with Gasteiger partial charge in [-0.05, 0) is 18.2 Å². The highest BCUT2D eigenvalue weighted by Crippen LogP contribution is 2.38. The average molecular weight is 302 g/mol. The van der Waals surface area contributed by atoms with Crippen molar-refractivity contribution in [2.75, 3.05) is 0 Å². The first-order valence-corrected chi connectivity index (χ1v) is 7.02. The monoisotopic (exact) mass is 301 g/mol. The van der Waals surface area contributed by atoms with Gasteiger partial charge in [0.1, 0.15) is 4.83 Å². The zero-order chi connectivity index (χ0) is 11.4. The maximum absolute atomic E-state index is 3.51. The van der Waals surface area contributed by atoms with Gasteiger partial charge in [-0.25, -0.2) is 0 Å². The van der Waals surface area contributed by atoms with Crippen LogP contribution in [0, 0.1) is 0 Å². The lowest BCUT2D eigenvalue weighted by atomic mass is 10.1. The Bertz CT molecular complexity index is 856. The lowest BCUT2D eigenvalue weighted by Gasteiger charge is -1.93. The van der Waals surface area contributed by atoms with Crippen molar-refractivity contribution in [1.82, 2.24) is 4.98 Å². The topological polar surface area (TPSA) is 15.8 Å². The van der Waals surface area contributed by atoms with Gasteiger partial charge in [0, 0.05) is 30.8 Å². The van der Waals surface area contributed by atoms with Crippen molar-refractivity contribution in [2.45, 2.75) is 0 Å². The van der Waals surface area contributed by atoms with E-state index in [-0.39, 0.29) is 0 Å². The minimum Gasteiger partial charge on any atom is -0.346 e. The number of benzene rings is 2. The van der Waals surface area contributed by atoms with Crippen molar-refractivity contribution < 1.29 is 0 Å². The summed E-state index contributed by atoms with van der Waals surface area (Å²) in [7, 11) is 0. The van der Waals surface area contributed by atoms with Gasteiger partial charge in [0.2, 0.25) is 0 Å². The van der Waals surface area contributed by atoms with E-state index in [1.165, 1.54) is 31.2 Å². The summed E-state index contributed by atoms with van der Waals surface area (Å²) in [5.74, 6) is 0. The average Bonchev–Trinajstić information content (AvgIpc) is 2.83. The van der Waals surface area contributed by atoms with Crippen molar-refractivity contribution in [3.05, 3.63) is 46.9 Å². The van der Waals surface area contributed by atoms with E-state index in [2.05, 4.69) is 63.4 Å². The summed E-state index contributed by atoms with van der Waals surface area (Å²) >= 11 is 5.33. The number of hydrogen-bond acceptors (Lipinski definition) is 1. The number of halogens is 1. The molecular formula is C14H8BrNS. The Balaban J connectivity index is 2.31. The fourth-order valence-corrected chi connectivity index (χ4v) is 3.85. The number of fused-ring (bicyclic) bond motifs is 5. The van der Waals surface area contributed by atoms with Gasteiger partial charge in [0.15, 0.2) is 0 Å². The molecule has 0 saturated heterocycles. The third-order valence-corrected chi connectivity index (χ3v) is 4.67. The highest BCUT2D eigenvalue weighted by Gasteiger charge is 2.10. The molecule has 0 aliphatic rings. The molecule has 0 unspecified atom stereocenters. The second-order valence-electron chi connectivity index (χ2n) is 4.12. The molecule has 2 aromatic carbocycles. The number of hydrogen-bond donors (Lipinski definition) is 1. The molecule has 0 bridgehead atoms. The molecule has 17 heavy (non-hydrogen) atoms. The number of H-pyrrole nitrogens is 1. The van der Waals surface area contributed by atoms with Crippen LogP contribution in [-0.4, -0.2) is 4.98 Å². The number of aromatic nitrogens is 1. The van der Waals surface area contributed by atoms with E-state index in [0.717, 1.165) is 4.47 Å². The van der Waals surface area contributed by atoms with Crippen molar-refractivity contribution in [1.29, 1.82) is 0 Å². The number of thiophene rings is 1. The molecule has 1 nitrogen and oxygen atoms in total. The third kappa shape index (κ3) is 1.30. The Labute approximate surface area is 110 Å². The highest BCUT2D eigenvalue weighted by molar-refractivity contribution is 9.10. The predicted molar refractivity (Wildman–Crippen MR) is 78.9 cm³/mol. The van der Waals surface area contributed by atoms with Crippen molar-refractivity contribution in [3.63, 3.8) is 0 Å². The SMILES string of the molecule is Brc1ccc2c(c1)[nH]c1sc3ccccc3c12. The standard InChI is InChI=1S/C14H8BrNS/c15-8-5-6-9-11(7-8)16-14-13(9)10-3-1-2-4-12(10)17-14/h1-7,16H. The molecule has 0 radical (unpaired) electrons. The molecular weight excluding hydrogens is 294 g/mol. The molecule has 0 aliphatic heterocycles. The second-order valence-corrected chi connectivity index (χ2v) is 6.09. The van der Waals surface area contributed by atoms with Gasteiger partial charge in [-0.3, -0.25) is 0 Å². The summed E-state index contributed by atoms with van der Waals surface area (Å²) in [5.41, 5.74) is 1.20. The van der Waals surface area contributed by atoms with E-state index in [4.69, 9.17) is 0 Å². The molecule has 0 aliphatic carbocycles. The van der Waals surface area contributed by atoms with Crippen molar-refractivity contribution >= 4 is 58.5 Å². The summed E-state index contributed by atoms with van der Waals surface area (Å²) in [6.07, 6.45) is 0. The van der Waals surface area contributed by atoms with Gasteiger partial charge in [0.05, 0.1) is 0 Å².